The molecule has 1 aromatic heterocycles. The number of nitrogens with one attached hydrogen (secondary N) is 1. The number of aryl methyl sites for hydroxylation is 1. The minimum Gasteiger partial charge on any atom is -0.369 e. The van der Waals surface area contributed by atoms with Crippen molar-refractivity contribution in [3.8, 4) is 0 Å². The highest BCUT2D eigenvalue weighted by Gasteiger charge is 2.14. The third kappa shape index (κ3) is 2.70. The van der Waals surface area contributed by atoms with Gasteiger partial charge in [0.1, 0.15) is 5.82 Å². The fourth-order valence-corrected chi connectivity index (χ4v) is 2.84. The number of anilines is 1. The molecule has 1 aromatic carbocycles. The van der Waals surface area contributed by atoms with Crippen LogP contribution in [-0.4, -0.2) is 35.7 Å². The fraction of sp³-hybridized carbons (Fsp3) is 0.438. The molecule has 2 heterocycles. The van der Waals surface area contributed by atoms with Gasteiger partial charge in [-0.15, -0.1) is 0 Å². The lowest BCUT2D eigenvalue weighted by Gasteiger charge is -2.31. The third-order valence-electron chi connectivity index (χ3n) is 3.91. The highest BCUT2D eigenvalue weighted by Crippen LogP contribution is 2.22. The summed E-state index contributed by atoms with van der Waals surface area (Å²) in [6.45, 7) is 7.37. The van der Waals surface area contributed by atoms with Gasteiger partial charge in [0.25, 0.3) is 0 Å². The van der Waals surface area contributed by atoms with E-state index in [-0.39, 0.29) is 0 Å². The second-order valence-corrected chi connectivity index (χ2v) is 5.19. The van der Waals surface area contributed by atoms with Crippen LogP contribution in [-0.2, 0) is 13.0 Å². The van der Waals surface area contributed by atoms with E-state index in [2.05, 4.69) is 57.2 Å². The Bertz CT molecular complexity index is 555. The number of nitrogens with zero attached hydrogens (tertiary/aromatic N) is 3. The average molecular weight is 270 g/mol. The predicted molar refractivity (Wildman–Crippen MR) is 82.2 cm³/mol. The summed E-state index contributed by atoms with van der Waals surface area (Å²) in [7, 11) is 0. The van der Waals surface area contributed by atoms with Gasteiger partial charge in [-0.1, -0.05) is 25.1 Å². The number of rotatable bonds is 4. The van der Waals surface area contributed by atoms with E-state index in [1.807, 2.05) is 6.20 Å². The van der Waals surface area contributed by atoms with E-state index in [1.165, 1.54) is 11.3 Å². The SMILES string of the molecule is CCc1nccn1Cc1ccccc1N1CCNCC1. The molecule has 3 rings (SSSR count). The maximum atomic E-state index is 4.41. The van der Waals surface area contributed by atoms with Crippen LogP contribution in [0.3, 0.4) is 0 Å². The summed E-state index contributed by atoms with van der Waals surface area (Å²) in [6.07, 6.45) is 4.95. The van der Waals surface area contributed by atoms with Crippen molar-refractivity contribution in [3.63, 3.8) is 0 Å². The van der Waals surface area contributed by atoms with Gasteiger partial charge < -0.3 is 14.8 Å². The van der Waals surface area contributed by atoms with E-state index in [1.54, 1.807) is 0 Å². The monoisotopic (exact) mass is 270 g/mol. The first-order valence-corrected chi connectivity index (χ1v) is 7.42. The van der Waals surface area contributed by atoms with E-state index < -0.39 is 0 Å². The quantitative estimate of drug-likeness (QED) is 0.921. The molecule has 0 radical (unpaired) electrons. The molecule has 0 spiro atoms. The number of aromatic nitrogens is 2. The van der Waals surface area contributed by atoms with E-state index >= 15 is 0 Å². The van der Waals surface area contributed by atoms with Crippen molar-refractivity contribution in [1.82, 2.24) is 14.9 Å². The van der Waals surface area contributed by atoms with Crippen molar-refractivity contribution in [1.29, 1.82) is 0 Å². The molecular formula is C16H22N4. The molecule has 0 bridgehead atoms. The largest absolute Gasteiger partial charge is 0.369 e. The molecule has 1 aliphatic heterocycles. The number of para-hydroxylation sites is 1. The van der Waals surface area contributed by atoms with Crippen molar-refractivity contribution in [2.45, 2.75) is 19.9 Å². The van der Waals surface area contributed by atoms with Crippen molar-refractivity contribution in [2.24, 2.45) is 0 Å². The van der Waals surface area contributed by atoms with Crippen LogP contribution >= 0.6 is 0 Å². The van der Waals surface area contributed by atoms with Gasteiger partial charge in [0.15, 0.2) is 0 Å². The zero-order valence-corrected chi connectivity index (χ0v) is 12.0. The van der Waals surface area contributed by atoms with Gasteiger partial charge in [0.05, 0.1) is 6.54 Å². The van der Waals surface area contributed by atoms with Crippen molar-refractivity contribution in [2.75, 3.05) is 31.1 Å². The van der Waals surface area contributed by atoms with Gasteiger partial charge in [-0.25, -0.2) is 4.98 Å². The van der Waals surface area contributed by atoms with Gasteiger partial charge in [-0.3, -0.25) is 0 Å². The van der Waals surface area contributed by atoms with Crippen LogP contribution in [0.2, 0.25) is 0 Å². The summed E-state index contributed by atoms with van der Waals surface area (Å²) in [5.74, 6) is 1.15. The van der Waals surface area contributed by atoms with Crippen LogP contribution in [0, 0.1) is 0 Å². The molecule has 106 valence electrons. The lowest BCUT2D eigenvalue weighted by Crippen LogP contribution is -2.43. The standard InChI is InChI=1S/C16H22N4/c1-2-16-18-9-12-20(16)13-14-5-3-4-6-15(14)19-10-7-17-8-11-19/h3-6,9,12,17H,2,7-8,10-11,13H2,1H3. The zero-order valence-electron chi connectivity index (χ0n) is 12.0. The van der Waals surface area contributed by atoms with Crippen LogP contribution in [0.15, 0.2) is 36.7 Å². The summed E-state index contributed by atoms with van der Waals surface area (Å²) >= 11 is 0. The highest BCUT2D eigenvalue weighted by molar-refractivity contribution is 5.54. The van der Waals surface area contributed by atoms with Crippen LogP contribution < -0.4 is 10.2 Å². The minimum atomic E-state index is 0.906. The van der Waals surface area contributed by atoms with Gasteiger partial charge in [0.2, 0.25) is 0 Å². The Hall–Kier alpha value is -1.81. The van der Waals surface area contributed by atoms with Gasteiger partial charge >= 0.3 is 0 Å². The molecule has 1 saturated heterocycles. The number of imidazole rings is 1. The topological polar surface area (TPSA) is 33.1 Å². The smallest absolute Gasteiger partial charge is 0.108 e. The Morgan fingerprint density at radius 3 is 2.80 bits per heavy atom. The molecule has 2 aromatic rings. The number of hydrogen-bond donors (Lipinski definition) is 1. The Kier molecular flexibility index (Phi) is 4.02. The summed E-state index contributed by atoms with van der Waals surface area (Å²) in [5, 5.41) is 3.41. The first kappa shape index (κ1) is 13.2. The van der Waals surface area contributed by atoms with Crippen molar-refractivity contribution in [3.05, 3.63) is 48.0 Å². The summed E-state index contributed by atoms with van der Waals surface area (Å²) in [4.78, 5) is 6.89. The van der Waals surface area contributed by atoms with E-state index in [0.717, 1.165) is 45.0 Å². The van der Waals surface area contributed by atoms with Crippen LogP contribution in [0.1, 0.15) is 18.3 Å². The third-order valence-corrected chi connectivity index (χ3v) is 3.91. The molecule has 0 saturated carbocycles. The number of benzene rings is 1. The van der Waals surface area contributed by atoms with Crippen LogP contribution in [0.4, 0.5) is 5.69 Å². The maximum Gasteiger partial charge on any atom is 0.108 e. The number of hydrogen-bond acceptors (Lipinski definition) is 3. The van der Waals surface area contributed by atoms with Crippen LogP contribution in [0.5, 0.6) is 0 Å². The van der Waals surface area contributed by atoms with E-state index in [9.17, 15) is 0 Å². The molecule has 1 fully saturated rings. The van der Waals surface area contributed by atoms with Gasteiger partial charge in [-0.05, 0) is 11.6 Å². The maximum absolute atomic E-state index is 4.41. The molecule has 4 nitrogen and oxygen atoms in total. The molecule has 0 amide bonds. The normalized spacial score (nSPS) is 15.6. The van der Waals surface area contributed by atoms with E-state index in [0.29, 0.717) is 0 Å². The molecule has 0 unspecified atom stereocenters. The van der Waals surface area contributed by atoms with E-state index in [4.69, 9.17) is 0 Å². The average Bonchev–Trinajstić information content (AvgIpc) is 2.96. The predicted octanol–water partition coefficient (Wildman–Crippen LogP) is 1.90. The molecule has 20 heavy (non-hydrogen) atoms. The van der Waals surface area contributed by atoms with Crippen molar-refractivity contribution >= 4 is 5.69 Å². The number of piperazine rings is 1. The second-order valence-electron chi connectivity index (χ2n) is 5.19. The Morgan fingerprint density at radius 2 is 2.00 bits per heavy atom. The second kappa shape index (κ2) is 6.09. The first-order valence-electron chi connectivity index (χ1n) is 7.42. The lowest BCUT2D eigenvalue weighted by atomic mass is 10.1. The summed E-state index contributed by atoms with van der Waals surface area (Å²) in [6, 6.07) is 8.74. The summed E-state index contributed by atoms with van der Waals surface area (Å²) < 4.78 is 2.25. The van der Waals surface area contributed by atoms with Gasteiger partial charge in [0, 0.05) is 50.7 Å². The zero-order chi connectivity index (χ0) is 13.8. The van der Waals surface area contributed by atoms with Crippen molar-refractivity contribution < 1.29 is 0 Å². The molecule has 0 atom stereocenters. The molecule has 0 aliphatic carbocycles. The summed E-state index contributed by atoms with van der Waals surface area (Å²) in [5.41, 5.74) is 2.74. The molecular weight excluding hydrogens is 248 g/mol. The Labute approximate surface area is 120 Å². The minimum absolute atomic E-state index is 0.906. The lowest BCUT2D eigenvalue weighted by molar-refractivity contribution is 0.586. The molecule has 4 heteroatoms. The Morgan fingerprint density at radius 1 is 1.20 bits per heavy atom. The van der Waals surface area contributed by atoms with Crippen LogP contribution in [0.25, 0.3) is 0 Å². The first-order chi connectivity index (χ1) is 9.88. The molecule has 1 aliphatic rings. The Balaban J connectivity index is 1.85. The highest BCUT2D eigenvalue weighted by atomic mass is 15.2. The van der Waals surface area contributed by atoms with Gasteiger partial charge in [-0.2, -0.15) is 0 Å². The fourth-order valence-electron chi connectivity index (χ4n) is 2.84. The molecule has 1 N–H and O–H groups in total.